The van der Waals surface area contributed by atoms with Gasteiger partial charge in [-0.15, -0.1) is 0 Å². The van der Waals surface area contributed by atoms with Crippen LogP contribution < -0.4 is 9.62 Å². The minimum atomic E-state index is -4.10. The molecule has 0 aliphatic heterocycles. The molecule has 37 heavy (non-hydrogen) atoms. The summed E-state index contributed by atoms with van der Waals surface area (Å²) >= 11 is 12.2. The second kappa shape index (κ2) is 12.4. The molecule has 1 atom stereocenters. The maximum atomic E-state index is 13.8. The van der Waals surface area contributed by atoms with E-state index in [1.165, 1.54) is 24.1 Å². The number of likely N-dealkylation sites (N-methyl/N-ethyl adjacent to an activating group) is 1. The minimum Gasteiger partial charge on any atom is -0.357 e. The van der Waals surface area contributed by atoms with Crippen molar-refractivity contribution in [1.82, 2.24) is 10.2 Å². The summed E-state index contributed by atoms with van der Waals surface area (Å²) < 4.78 is 28.5. The average molecular weight is 563 g/mol. The van der Waals surface area contributed by atoms with Gasteiger partial charge in [-0.1, -0.05) is 72.1 Å². The molecule has 1 N–H and O–H groups in total. The Morgan fingerprint density at radius 3 is 2.16 bits per heavy atom. The van der Waals surface area contributed by atoms with E-state index in [4.69, 9.17) is 23.2 Å². The van der Waals surface area contributed by atoms with Gasteiger partial charge in [-0.25, -0.2) is 8.42 Å². The van der Waals surface area contributed by atoms with Crippen molar-refractivity contribution in [1.29, 1.82) is 0 Å². The molecule has 7 nitrogen and oxygen atoms in total. The molecular weight excluding hydrogens is 533 g/mol. The smallest absolute Gasteiger partial charge is 0.264 e. The van der Waals surface area contributed by atoms with Crippen molar-refractivity contribution < 1.29 is 18.0 Å². The van der Waals surface area contributed by atoms with Gasteiger partial charge in [0.1, 0.15) is 12.6 Å². The summed E-state index contributed by atoms with van der Waals surface area (Å²) in [4.78, 5) is 28.0. The molecule has 2 amide bonds. The predicted octanol–water partition coefficient (Wildman–Crippen LogP) is 5.05. The van der Waals surface area contributed by atoms with Crippen LogP contribution in [-0.2, 0) is 26.2 Å². The molecule has 3 rings (SSSR count). The van der Waals surface area contributed by atoms with Crippen molar-refractivity contribution in [2.24, 2.45) is 0 Å². The Kier molecular flexibility index (Phi) is 9.59. The summed E-state index contributed by atoms with van der Waals surface area (Å²) in [6.07, 6.45) is 0.322. The fourth-order valence-electron chi connectivity index (χ4n) is 3.88. The average Bonchev–Trinajstić information content (AvgIpc) is 2.89. The van der Waals surface area contributed by atoms with Crippen LogP contribution in [0, 0.1) is 6.92 Å². The SMILES string of the molecule is CCC(C(=O)NC)N(Cc1ccc(Cl)c(Cl)c1)C(=O)CN(c1ccccc1)S(=O)(=O)c1ccc(C)cc1. The largest absolute Gasteiger partial charge is 0.357 e. The molecule has 0 aliphatic rings. The lowest BCUT2D eigenvalue weighted by atomic mass is 10.1. The molecule has 1 unspecified atom stereocenters. The number of anilines is 1. The third kappa shape index (κ3) is 6.83. The van der Waals surface area contributed by atoms with Gasteiger partial charge in [0.15, 0.2) is 0 Å². The van der Waals surface area contributed by atoms with Crippen molar-refractivity contribution in [2.75, 3.05) is 17.9 Å². The maximum Gasteiger partial charge on any atom is 0.264 e. The summed E-state index contributed by atoms with van der Waals surface area (Å²) in [5.74, 6) is -0.898. The number of carbonyl (C=O) groups excluding carboxylic acids is 2. The Hall–Kier alpha value is -3.07. The van der Waals surface area contributed by atoms with Crippen molar-refractivity contribution in [2.45, 2.75) is 37.8 Å². The minimum absolute atomic E-state index is 0.0366. The molecule has 0 aromatic heterocycles. The molecule has 0 bridgehead atoms. The lowest BCUT2D eigenvalue weighted by Crippen LogP contribution is -2.51. The zero-order chi connectivity index (χ0) is 27.2. The first-order chi connectivity index (χ1) is 17.6. The first-order valence-electron chi connectivity index (χ1n) is 11.7. The Morgan fingerprint density at radius 1 is 0.946 bits per heavy atom. The molecule has 3 aromatic carbocycles. The van der Waals surface area contributed by atoms with Gasteiger partial charge in [-0.05, 0) is 55.3 Å². The lowest BCUT2D eigenvalue weighted by Gasteiger charge is -2.33. The number of hydrogen-bond donors (Lipinski definition) is 1. The Labute approximate surface area is 228 Å². The van der Waals surface area contributed by atoms with Crippen LogP contribution >= 0.6 is 23.2 Å². The third-order valence-corrected chi connectivity index (χ3v) is 8.43. The van der Waals surface area contributed by atoms with E-state index in [-0.39, 0.29) is 17.3 Å². The monoisotopic (exact) mass is 561 g/mol. The molecule has 0 heterocycles. The second-order valence-electron chi connectivity index (χ2n) is 8.47. The van der Waals surface area contributed by atoms with E-state index < -0.39 is 28.5 Å². The van der Waals surface area contributed by atoms with Gasteiger partial charge in [-0.3, -0.25) is 13.9 Å². The topological polar surface area (TPSA) is 86.8 Å². The van der Waals surface area contributed by atoms with Crippen LogP contribution in [0.5, 0.6) is 0 Å². The van der Waals surface area contributed by atoms with E-state index in [0.717, 1.165) is 9.87 Å². The van der Waals surface area contributed by atoms with Crippen LogP contribution in [0.2, 0.25) is 10.0 Å². The van der Waals surface area contributed by atoms with E-state index in [1.54, 1.807) is 67.6 Å². The quantitative estimate of drug-likeness (QED) is 0.375. The number of rotatable bonds is 10. The molecule has 196 valence electrons. The molecule has 0 aliphatic carbocycles. The number of amides is 2. The zero-order valence-corrected chi connectivity index (χ0v) is 23.1. The number of nitrogens with zero attached hydrogens (tertiary/aromatic N) is 2. The number of nitrogens with one attached hydrogen (secondary N) is 1. The summed E-state index contributed by atoms with van der Waals surface area (Å²) in [7, 11) is -2.61. The molecule has 0 radical (unpaired) electrons. The first kappa shape index (κ1) is 28.5. The van der Waals surface area contributed by atoms with Gasteiger partial charge in [0, 0.05) is 13.6 Å². The summed E-state index contributed by atoms with van der Waals surface area (Å²) in [6.45, 7) is 3.18. The van der Waals surface area contributed by atoms with Crippen molar-refractivity contribution in [3.8, 4) is 0 Å². The van der Waals surface area contributed by atoms with Gasteiger partial charge in [-0.2, -0.15) is 0 Å². The number of halogens is 2. The van der Waals surface area contributed by atoms with E-state index in [9.17, 15) is 18.0 Å². The predicted molar refractivity (Wildman–Crippen MR) is 147 cm³/mol. The van der Waals surface area contributed by atoms with Gasteiger partial charge in [0.25, 0.3) is 10.0 Å². The van der Waals surface area contributed by atoms with E-state index >= 15 is 0 Å². The number of benzene rings is 3. The normalized spacial score (nSPS) is 12.0. The fourth-order valence-corrected chi connectivity index (χ4v) is 5.62. The van der Waals surface area contributed by atoms with Gasteiger partial charge >= 0.3 is 0 Å². The summed E-state index contributed by atoms with van der Waals surface area (Å²) in [5.41, 5.74) is 1.89. The van der Waals surface area contributed by atoms with E-state index in [0.29, 0.717) is 27.7 Å². The van der Waals surface area contributed by atoms with Gasteiger partial charge < -0.3 is 10.2 Å². The van der Waals surface area contributed by atoms with Crippen LogP contribution in [0.25, 0.3) is 0 Å². The maximum absolute atomic E-state index is 13.8. The lowest BCUT2D eigenvalue weighted by molar-refractivity contribution is -0.140. The number of para-hydroxylation sites is 1. The van der Waals surface area contributed by atoms with E-state index in [1.807, 2.05) is 6.92 Å². The summed E-state index contributed by atoms with van der Waals surface area (Å²) in [6, 6.07) is 19.0. The third-order valence-electron chi connectivity index (χ3n) is 5.90. The molecule has 0 fully saturated rings. The first-order valence-corrected chi connectivity index (χ1v) is 13.9. The highest BCUT2D eigenvalue weighted by Gasteiger charge is 2.33. The summed E-state index contributed by atoms with van der Waals surface area (Å²) in [5, 5.41) is 3.27. The van der Waals surface area contributed by atoms with Crippen LogP contribution in [0.1, 0.15) is 24.5 Å². The number of hydrogen-bond acceptors (Lipinski definition) is 4. The molecular formula is C27H29Cl2N3O4S. The molecule has 0 saturated carbocycles. The molecule has 0 saturated heterocycles. The Morgan fingerprint density at radius 2 is 1.59 bits per heavy atom. The standard InChI is InChI=1S/C27H29Cl2N3O4S/c1-4-25(27(34)30-3)31(17-20-12-15-23(28)24(29)16-20)26(33)18-32(21-8-6-5-7-9-21)37(35,36)22-13-10-19(2)11-14-22/h5-16,25H,4,17-18H2,1-3H3,(H,30,34). The van der Waals surface area contributed by atoms with Crippen LogP contribution in [0.3, 0.4) is 0 Å². The van der Waals surface area contributed by atoms with Crippen molar-refractivity contribution in [3.63, 3.8) is 0 Å². The van der Waals surface area contributed by atoms with Crippen LogP contribution in [0.15, 0.2) is 77.7 Å². The van der Waals surface area contributed by atoms with Crippen LogP contribution in [0.4, 0.5) is 5.69 Å². The number of carbonyl (C=O) groups is 2. The Bertz CT molecular complexity index is 1350. The van der Waals surface area contributed by atoms with Gasteiger partial charge in [0.05, 0.1) is 20.6 Å². The molecule has 3 aromatic rings. The zero-order valence-electron chi connectivity index (χ0n) is 20.8. The highest BCUT2D eigenvalue weighted by molar-refractivity contribution is 7.92. The highest BCUT2D eigenvalue weighted by Crippen LogP contribution is 2.26. The van der Waals surface area contributed by atoms with E-state index in [2.05, 4.69) is 5.32 Å². The fraction of sp³-hybridized carbons (Fsp3) is 0.259. The van der Waals surface area contributed by atoms with Gasteiger partial charge in [0.2, 0.25) is 11.8 Å². The number of sulfonamides is 1. The molecule has 10 heteroatoms. The second-order valence-corrected chi connectivity index (χ2v) is 11.1. The molecule has 0 spiro atoms. The highest BCUT2D eigenvalue weighted by atomic mass is 35.5. The van der Waals surface area contributed by atoms with Crippen molar-refractivity contribution >= 4 is 50.7 Å². The Balaban J connectivity index is 2.04. The van der Waals surface area contributed by atoms with Crippen LogP contribution in [-0.4, -0.2) is 44.8 Å². The number of aryl methyl sites for hydroxylation is 1. The van der Waals surface area contributed by atoms with Crippen molar-refractivity contribution in [3.05, 3.63) is 94.0 Å².